The molecule has 1 amide bonds. The van der Waals surface area contributed by atoms with Crippen LogP contribution in [-0.2, 0) is 13.0 Å². The van der Waals surface area contributed by atoms with Crippen LogP contribution in [0, 0.1) is 0 Å². The Labute approximate surface area is 175 Å². The first-order chi connectivity index (χ1) is 14.6. The maximum absolute atomic E-state index is 12.7. The van der Waals surface area contributed by atoms with Crippen molar-refractivity contribution in [2.75, 3.05) is 7.11 Å². The van der Waals surface area contributed by atoms with Gasteiger partial charge in [-0.2, -0.15) is 5.10 Å². The Kier molecular flexibility index (Phi) is 5.75. The summed E-state index contributed by atoms with van der Waals surface area (Å²) >= 11 is 0. The zero-order chi connectivity index (χ0) is 20.9. The number of hydrogen-bond donors (Lipinski definition) is 1. The van der Waals surface area contributed by atoms with E-state index >= 15 is 0 Å². The summed E-state index contributed by atoms with van der Waals surface area (Å²) in [6, 6.07) is 19.8. The number of fused-ring (bicyclic) bond motifs is 1. The van der Waals surface area contributed by atoms with Crippen molar-refractivity contribution in [3.05, 3.63) is 89.7 Å². The van der Waals surface area contributed by atoms with Crippen molar-refractivity contribution in [3.63, 3.8) is 0 Å². The van der Waals surface area contributed by atoms with Gasteiger partial charge >= 0.3 is 0 Å². The third kappa shape index (κ3) is 4.49. The number of hydrogen-bond acceptors (Lipinski definition) is 4. The Morgan fingerprint density at radius 3 is 2.67 bits per heavy atom. The lowest BCUT2D eigenvalue weighted by Gasteiger charge is -2.14. The van der Waals surface area contributed by atoms with Crippen molar-refractivity contribution in [2.24, 2.45) is 0 Å². The van der Waals surface area contributed by atoms with Crippen LogP contribution in [0.2, 0.25) is 0 Å². The maximum Gasteiger partial charge on any atom is 0.253 e. The third-order valence-electron chi connectivity index (χ3n) is 4.97. The number of carbonyl (C=O) groups is 1. The second-order valence-corrected chi connectivity index (χ2v) is 7.35. The highest BCUT2D eigenvalue weighted by Gasteiger charge is 2.13. The number of rotatable bonds is 7. The van der Waals surface area contributed by atoms with Gasteiger partial charge in [-0.05, 0) is 42.7 Å². The molecule has 0 fully saturated rings. The fourth-order valence-electron chi connectivity index (χ4n) is 3.48. The Hall–Kier alpha value is -3.67. The topological polar surface area (TPSA) is 69.0 Å². The highest BCUT2D eigenvalue weighted by Crippen LogP contribution is 2.16. The number of nitrogens with one attached hydrogen (secondary N) is 1. The summed E-state index contributed by atoms with van der Waals surface area (Å²) in [4.78, 5) is 17.2. The molecule has 1 unspecified atom stereocenters. The quantitative estimate of drug-likeness (QED) is 0.512. The van der Waals surface area contributed by atoms with Crippen molar-refractivity contribution in [3.8, 4) is 5.75 Å². The number of methoxy groups -OCH3 is 1. The molecule has 0 aliphatic carbocycles. The van der Waals surface area contributed by atoms with Gasteiger partial charge in [0.15, 0.2) is 5.65 Å². The first-order valence-corrected chi connectivity index (χ1v) is 9.91. The molecule has 1 N–H and O–H groups in total. The SMILES string of the molecule is COc1cccc(CC(C)NC(=O)c2cnc3c(cnn3Cc3ccccc3)c2)c1. The molecule has 30 heavy (non-hydrogen) atoms. The second kappa shape index (κ2) is 8.78. The van der Waals surface area contributed by atoms with Gasteiger partial charge in [0.25, 0.3) is 5.91 Å². The molecule has 0 bridgehead atoms. The summed E-state index contributed by atoms with van der Waals surface area (Å²) in [5.41, 5.74) is 3.55. The Balaban J connectivity index is 1.44. The lowest BCUT2D eigenvalue weighted by molar-refractivity contribution is 0.0940. The summed E-state index contributed by atoms with van der Waals surface area (Å²) in [5.74, 6) is 0.670. The normalized spacial score (nSPS) is 11.9. The van der Waals surface area contributed by atoms with Gasteiger partial charge in [0, 0.05) is 17.6 Å². The van der Waals surface area contributed by atoms with Gasteiger partial charge < -0.3 is 10.1 Å². The minimum atomic E-state index is -0.143. The van der Waals surface area contributed by atoms with E-state index in [0.717, 1.165) is 27.9 Å². The fraction of sp³-hybridized carbons (Fsp3) is 0.208. The van der Waals surface area contributed by atoms with Crippen molar-refractivity contribution in [1.82, 2.24) is 20.1 Å². The molecule has 4 rings (SSSR count). The van der Waals surface area contributed by atoms with E-state index in [4.69, 9.17) is 4.74 Å². The highest BCUT2D eigenvalue weighted by molar-refractivity contribution is 5.97. The molecule has 1 atom stereocenters. The average molecular weight is 400 g/mol. The molecule has 6 heteroatoms. The van der Waals surface area contributed by atoms with E-state index in [1.54, 1.807) is 19.5 Å². The highest BCUT2D eigenvalue weighted by atomic mass is 16.5. The van der Waals surface area contributed by atoms with Crippen LogP contribution in [0.4, 0.5) is 0 Å². The number of amides is 1. The summed E-state index contributed by atoms with van der Waals surface area (Å²) in [6.07, 6.45) is 4.08. The largest absolute Gasteiger partial charge is 0.497 e. The van der Waals surface area contributed by atoms with Gasteiger partial charge in [0.1, 0.15) is 5.75 Å². The lowest BCUT2D eigenvalue weighted by Crippen LogP contribution is -2.34. The van der Waals surface area contributed by atoms with Crippen LogP contribution in [0.3, 0.4) is 0 Å². The number of carbonyl (C=O) groups excluding carboxylic acids is 1. The molecule has 0 aliphatic rings. The van der Waals surface area contributed by atoms with Crippen LogP contribution in [-0.4, -0.2) is 33.8 Å². The van der Waals surface area contributed by atoms with Crippen LogP contribution in [0.15, 0.2) is 73.1 Å². The van der Waals surface area contributed by atoms with Crippen molar-refractivity contribution in [1.29, 1.82) is 0 Å². The van der Waals surface area contributed by atoms with Gasteiger partial charge in [0.2, 0.25) is 0 Å². The second-order valence-electron chi connectivity index (χ2n) is 7.35. The van der Waals surface area contributed by atoms with Crippen LogP contribution in [0.25, 0.3) is 11.0 Å². The van der Waals surface area contributed by atoms with Gasteiger partial charge in [-0.3, -0.25) is 4.79 Å². The van der Waals surface area contributed by atoms with Crippen LogP contribution in [0.5, 0.6) is 5.75 Å². The molecule has 152 valence electrons. The molecule has 0 aliphatic heterocycles. The predicted octanol–water partition coefficient (Wildman–Crippen LogP) is 3.85. The molecular weight excluding hydrogens is 376 g/mol. The monoisotopic (exact) mass is 400 g/mol. The van der Waals surface area contributed by atoms with Gasteiger partial charge in [-0.1, -0.05) is 42.5 Å². The number of aromatic nitrogens is 3. The van der Waals surface area contributed by atoms with Gasteiger partial charge in [-0.15, -0.1) is 0 Å². The predicted molar refractivity (Wildman–Crippen MR) is 117 cm³/mol. The van der Waals surface area contributed by atoms with E-state index in [1.165, 1.54) is 0 Å². The van der Waals surface area contributed by atoms with E-state index in [9.17, 15) is 4.79 Å². The van der Waals surface area contributed by atoms with Crippen LogP contribution >= 0.6 is 0 Å². The minimum absolute atomic E-state index is 0.0268. The molecule has 6 nitrogen and oxygen atoms in total. The van der Waals surface area contributed by atoms with E-state index < -0.39 is 0 Å². The maximum atomic E-state index is 12.7. The molecule has 4 aromatic rings. The third-order valence-corrected chi connectivity index (χ3v) is 4.97. The minimum Gasteiger partial charge on any atom is -0.497 e. The molecule has 2 heterocycles. The van der Waals surface area contributed by atoms with Gasteiger partial charge in [0.05, 0.1) is 25.4 Å². The summed E-state index contributed by atoms with van der Waals surface area (Å²) in [6.45, 7) is 2.63. The van der Waals surface area contributed by atoms with Crippen molar-refractivity contribution >= 4 is 16.9 Å². The molecule has 2 aromatic carbocycles. The number of ether oxygens (including phenoxy) is 1. The first kappa shape index (κ1) is 19.6. The summed E-state index contributed by atoms with van der Waals surface area (Å²) < 4.78 is 7.11. The summed E-state index contributed by atoms with van der Waals surface area (Å²) in [7, 11) is 1.65. The molecule has 0 saturated carbocycles. The Morgan fingerprint density at radius 1 is 1.07 bits per heavy atom. The standard InChI is InChI=1S/C24H24N4O2/c1-17(11-19-9-6-10-22(12-19)30-2)27-24(29)21-13-20-15-26-28(23(20)25-14-21)16-18-7-4-3-5-8-18/h3-10,12-15,17H,11,16H2,1-2H3,(H,27,29). The van der Waals surface area contributed by atoms with E-state index in [-0.39, 0.29) is 11.9 Å². The molecule has 0 saturated heterocycles. The molecule has 0 spiro atoms. The number of benzene rings is 2. The fourth-order valence-corrected chi connectivity index (χ4v) is 3.48. The molecular formula is C24H24N4O2. The van der Waals surface area contributed by atoms with Crippen LogP contribution in [0.1, 0.15) is 28.4 Å². The van der Waals surface area contributed by atoms with E-state index in [2.05, 4.69) is 27.5 Å². The summed E-state index contributed by atoms with van der Waals surface area (Å²) in [5, 5.41) is 8.33. The van der Waals surface area contributed by atoms with E-state index in [0.29, 0.717) is 18.5 Å². The Bertz CT molecular complexity index is 1150. The average Bonchev–Trinajstić information content (AvgIpc) is 3.16. The zero-order valence-corrected chi connectivity index (χ0v) is 17.1. The number of pyridine rings is 1. The lowest BCUT2D eigenvalue weighted by atomic mass is 10.1. The molecule has 2 aromatic heterocycles. The van der Waals surface area contributed by atoms with Crippen molar-refractivity contribution in [2.45, 2.75) is 25.9 Å². The van der Waals surface area contributed by atoms with Crippen molar-refractivity contribution < 1.29 is 9.53 Å². The van der Waals surface area contributed by atoms with Gasteiger partial charge in [-0.25, -0.2) is 9.67 Å². The Morgan fingerprint density at radius 2 is 1.87 bits per heavy atom. The zero-order valence-electron chi connectivity index (χ0n) is 17.1. The van der Waals surface area contributed by atoms with Crippen LogP contribution < -0.4 is 10.1 Å². The first-order valence-electron chi connectivity index (χ1n) is 9.91. The van der Waals surface area contributed by atoms with E-state index in [1.807, 2.05) is 60.1 Å². The number of nitrogens with zero attached hydrogens (tertiary/aromatic N) is 3. The molecule has 0 radical (unpaired) electrons. The smallest absolute Gasteiger partial charge is 0.253 e.